The topological polar surface area (TPSA) is 33.6 Å². The summed E-state index contributed by atoms with van der Waals surface area (Å²) in [5, 5.41) is 3.22. The number of hydrogen-bond donors (Lipinski definition) is 1. The molecule has 6 heteroatoms. The Morgan fingerprint density at radius 2 is 2.05 bits per heavy atom. The molecule has 0 fully saturated rings. The van der Waals surface area contributed by atoms with Crippen molar-refractivity contribution in [2.75, 3.05) is 12.4 Å². The second-order valence-electron chi connectivity index (χ2n) is 5.25. The van der Waals surface area contributed by atoms with Gasteiger partial charge < -0.3 is 10.1 Å². The fraction of sp³-hybridized carbons (Fsp3) is 0.533. The van der Waals surface area contributed by atoms with Gasteiger partial charge in [-0.1, -0.05) is 0 Å². The Labute approximate surface area is 122 Å². The van der Waals surface area contributed by atoms with Crippen LogP contribution < -0.4 is 10.1 Å². The minimum Gasteiger partial charge on any atom is -0.496 e. The number of nitrogens with one attached hydrogen (secondary N) is 1. The molecule has 1 aliphatic rings. The van der Waals surface area contributed by atoms with Crippen LogP contribution >= 0.6 is 0 Å². The number of nitrogens with zero attached hydrogens (tertiary/aromatic N) is 1. The molecule has 21 heavy (non-hydrogen) atoms. The minimum atomic E-state index is -4.13. The van der Waals surface area contributed by atoms with Crippen LogP contribution in [0, 0.1) is 6.92 Å². The maximum absolute atomic E-state index is 12.3. The highest BCUT2D eigenvalue weighted by atomic mass is 19.4. The largest absolute Gasteiger partial charge is 0.496 e. The fourth-order valence-corrected chi connectivity index (χ4v) is 2.53. The van der Waals surface area contributed by atoms with E-state index in [0.717, 1.165) is 16.8 Å². The average molecular weight is 300 g/mol. The molecule has 2 rings (SSSR count). The Morgan fingerprint density at radius 3 is 2.67 bits per heavy atom. The van der Waals surface area contributed by atoms with Gasteiger partial charge in [-0.3, -0.25) is 4.99 Å². The summed E-state index contributed by atoms with van der Waals surface area (Å²) in [5.74, 6) is 0.648. The normalized spacial score (nSPS) is 17.8. The monoisotopic (exact) mass is 300 g/mol. The number of methoxy groups -OCH3 is 1. The van der Waals surface area contributed by atoms with E-state index in [-0.39, 0.29) is 19.0 Å². The zero-order valence-electron chi connectivity index (χ0n) is 12.3. The van der Waals surface area contributed by atoms with E-state index in [9.17, 15) is 13.2 Å². The number of rotatable bonds is 4. The Hall–Kier alpha value is -1.72. The maximum atomic E-state index is 12.3. The van der Waals surface area contributed by atoms with E-state index in [0.29, 0.717) is 11.5 Å². The summed E-state index contributed by atoms with van der Waals surface area (Å²) in [6.45, 7) is 3.83. The van der Waals surface area contributed by atoms with Gasteiger partial charge in [0.15, 0.2) is 0 Å². The first-order chi connectivity index (χ1) is 9.80. The standard InChI is InChI=1S/C15H19F3N2O/c1-9-7-12-14(13(8-9)21-3)11(19-10(2)20-12)5-4-6-15(16,17)18/h7-8,10,20H,4-6H2,1-3H3. The molecule has 1 aliphatic heterocycles. The highest BCUT2D eigenvalue weighted by Crippen LogP contribution is 2.34. The minimum absolute atomic E-state index is 0.0333. The lowest BCUT2D eigenvalue weighted by Gasteiger charge is -2.25. The molecule has 1 aromatic carbocycles. The molecule has 0 bridgehead atoms. The van der Waals surface area contributed by atoms with Crippen LogP contribution in [0.25, 0.3) is 0 Å². The van der Waals surface area contributed by atoms with Crippen molar-refractivity contribution in [2.45, 2.75) is 45.5 Å². The smallest absolute Gasteiger partial charge is 0.389 e. The molecule has 0 amide bonds. The average Bonchev–Trinajstić information content (AvgIpc) is 2.35. The highest BCUT2D eigenvalue weighted by Gasteiger charge is 2.28. The Kier molecular flexibility index (Phi) is 4.44. The molecule has 1 heterocycles. The van der Waals surface area contributed by atoms with Crippen molar-refractivity contribution < 1.29 is 17.9 Å². The van der Waals surface area contributed by atoms with E-state index in [4.69, 9.17) is 4.74 Å². The molecule has 1 aromatic rings. The van der Waals surface area contributed by atoms with Crippen LogP contribution in [0.15, 0.2) is 17.1 Å². The first kappa shape index (κ1) is 15.7. The lowest BCUT2D eigenvalue weighted by atomic mass is 9.97. The lowest BCUT2D eigenvalue weighted by Crippen LogP contribution is -2.24. The predicted octanol–water partition coefficient (Wildman–Crippen LogP) is 4.30. The summed E-state index contributed by atoms with van der Waals surface area (Å²) >= 11 is 0. The number of halogens is 3. The van der Waals surface area contributed by atoms with Crippen LogP contribution in [0.1, 0.15) is 37.3 Å². The van der Waals surface area contributed by atoms with E-state index < -0.39 is 12.6 Å². The summed E-state index contributed by atoms with van der Waals surface area (Å²) in [6.07, 6.45) is -4.75. The van der Waals surface area contributed by atoms with Gasteiger partial charge in [-0.25, -0.2) is 0 Å². The first-order valence-corrected chi connectivity index (χ1v) is 6.89. The second kappa shape index (κ2) is 5.95. The van der Waals surface area contributed by atoms with Crippen molar-refractivity contribution >= 4 is 11.4 Å². The molecule has 1 unspecified atom stereocenters. The number of alkyl halides is 3. The first-order valence-electron chi connectivity index (χ1n) is 6.89. The van der Waals surface area contributed by atoms with E-state index in [2.05, 4.69) is 10.3 Å². The van der Waals surface area contributed by atoms with Gasteiger partial charge in [0.05, 0.1) is 18.4 Å². The summed E-state index contributed by atoms with van der Waals surface area (Å²) in [7, 11) is 1.56. The molecule has 0 aliphatic carbocycles. The summed E-state index contributed by atoms with van der Waals surface area (Å²) < 4.78 is 42.3. The zero-order chi connectivity index (χ0) is 15.6. The van der Waals surface area contributed by atoms with Crippen molar-refractivity contribution in [3.8, 4) is 5.75 Å². The van der Waals surface area contributed by atoms with E-state index in [1.807, 2.05) is 26.0 Å². The molecule has 0 saturated heterocycles. The molecule has 1 atom stereocenters. The summed E-state index contributed by atoms with van der Waals surface area (Å²) in [5.41, 5.74) is 3.36. The fourth-order valence-electron chi connectivity index (χ4n) is 2.53. The Bertz CT molecular complexity index is 553. The second-order valence-corrected chi connectivity index (χ2v) is 5.25. The van der Waals surface area contributed by atoms with Gasteiger partial charge in [0.1, 0.15) is 11.9 Å². The molecule has 0 radical (unpaired) electrons. The number of benzene rings is 1. The predicted molar refractivity (Wildman–Crippen MR) is 77.3 cm³/mol. The van der Waals surface area contributed by atoms with E-state index in [1.165, 1.54) is 0 Å². The molecule has 116 valence electrons. The van der Waals surface area contributed by atoms with Gasteiger partial charge in [-0.2, -0.15) is 13.2 Å². The molecule has 1 N–H and O–H groups in total. The van der Waals surface area contributed by atoms with E-state index in [1.54, 1.807) is 7.11 Å². The van der Waals surface area contributed by atoms with E-state index >= 15 is 0 Å². The number of fused-ring (bicyclic) bond motifs is 1. The summed E-state index contributed by atoms with van der Waals surface area (Å²) in [4.78, 5) is 4.44. The van der Waals surface area contributed by atoms with Crippen LogP contribution in [0.3, 0.4) is 0 Å². The number of anilines is 1. The SMILES string of the molecule is COc1cc(C)cc2c1C(CCCC(F)(F)F)=NC(C)N2. The quantitative estimate of drug-likeness (QED) is 0.899. The van der Waals surface area contributed by atoms with Gasteiger partial charge in [-0.05, 0) is 44.4 Å². The molecular formula is C15H19F3N2O. The third-order valence-electron chi connectivity index (χ3n) is 3.34. The number of hydrogen-bond acceptors (Lipinski definition) is 3. The molecular weight excluding hydrogens is 281 g/mol. The van der Waals surface area contributed by atoms with Crippen LogP contribution in [-0.2, 0) is 0 Å². The van der Waals surface area contributed by atoms with Crippen LogP contribution in [-0.4, -0.2) is 25.2 Å². The van der Waals surface area contributed by atoms with Gasteiger partial charge in [0.2, 0.25) is 0 Å². The Morgan fingerprint density at radius 1 is 1.33 bits per heavy atom. The van der Waals surface area contributed by atoms with Crippen molar-refractivity contribution in [1.29, 1.82) is 0 Å². The molecule has 0 aromatic heterocycles. The van der Waals surface area contributed by atoms with Crippen LogP contribution in [0.2, 0.25) is 0 Å². The summed E-state index contributed by atoms with van der Waals surface area (Å²) in [6, 6.07) is 3.84. The molecule has 0 spiro atoms. The lowest BCUT2D eigenvalue weighted by molar-refractivity contribution is -0.135. The maximum Gasteiger partial charge on any atom is 0.389 e. The number of aliphatic imine (C=N–C) groups is 1. The number of ether oxygens (including phenoxy) is 1. The molecule has 3 nitrogen and oxygen atoms in total. The van der Waals surface area contributed by atoms with Gasteiger partial charge in [0.25, 0.3) is 0 Å². The van der Waals surface area contributed by atoms with Crippen molar-refractivity contribution in [3.05, 3.63) is 23.3 Å². The van der Waals surface area contributed by atoms with Gasteiger partial charge >= 0.3 is 6.18 Å². The van der Waals surface area contributed by atoms with Crippen molar-refractivity contribution in [3.63, 3.8) is 0 Å². The highest BCUT2D eigenvalue weighted by molar-refractivity contribution is 6.08. The molecule has 0 saturated carbocycles. The van der Waals surface area contributed by atoms with Crippen LogP contribution in [0.5, 0.6) is 5.75 Å². The van der Waals surface area contributed by atoms with Crippen molar-refractivity contribution in [1.82, 2.24) is 0 Å². The number of aryl methyl sites for hydroxylation is 1. The van der Waals surface area contributed by atoms with Crippen molar-refractivity contribution in [2.24, 2.45) is 4.99 Å². The Balaban J connectivity index is 2.26. The third-order valence-corrected chi connectivity index (χ3v) is 3.34. The van der Waals surface area contributed by atoms with Gasteiger partial charge in [0, 0.05) is 12.1 Å². The third kappa shape index (κ3) is 3.89. The van der Waals surface area contributed by atoms with Crippen LogP contribution in [0.4, 0.5) is 18.9 Å². The van der Waals surface area contributed by atoms with Gasteiger partial charge in [-0.15, -0.1) is 0 Å². The zero-order valence-corrected chi connectivity index (χ0v) is 12.3.